The molecule has 4 heterocycles. The maximum atomic E-state index is 12.9. The van der Waals surface area contributed by atoms with Gasteiger partial charge in [0.15, 0.2) is 0 Å². The lowest BCUT2D eigenvalue weighted by molar-refractivity contribution is -0.121. The van der Waals surface area contributed by atoms with Crippen molar-refractivity contribution in [1.82, 2.24) is 14.9 Å². The molecule has 0 atom stereocenters. The quantitative estimate of drug-likeness (QED) is 0.552. The van der Waals surface area contributed by atoms with Gasteiger partial charge in [0, 0.05) is 25.6 Å². The van der Waals surface area contributed by atoms with Gasteiger partial charge in [-0.3, -0.25) is 14.2 Å². The van der Waals surface area contributed by atoms with Crippen LogP contribution in [0.15, 0.2) is 46.1 Å². The minimum atomic E-state index is -0.203. The van der Waals surface area contributed by atoms with Gasteiger partial charge in [0.05, 0.1) is 18.3 Å². The number of nitrogens with zero attached hydrogens (tertiary/aromatic N) is 2. The lowest BCUT2D eigenvalue weighted by Crippen LogP contribution is -2.31. The molecule has 0 spiro atoms. The van der Waals surface area contributed by atoms with E-state index >= 15 is 0 Å². The summed E-state index contributed by atoms with van der Waals surface area (Å²) >= 11 is 4.69. The van der Waals surface area contributed by atoms with Crippen LogP contribution in [0.25, 0.3) is 20.7 Å². The van der Waals surface area contributed by atoms with Crippen molar-refractivity contribution >= 4 is 50.1 Å². The van der Waals surface area contributed by atoms with E-state index in [4.69, 9.17) is 0 Å². The Morgan fingerprint density at radius 3 is 2.88 bits per heavy atom. The lowest BCUT2D eigenvalue weighted by atomic mass is 10.2. The molecule has 1 N–H and O–H groups in total. The van der Waals surface area contributed by atoms with E-state index in [2.05, 4.69) is 10.3 Å². The molecular weight excluding hydrogens is 386 g/mol. The first-order valence-electron chi connectivity index (χ1n) is 7.94. The molecule has 0 aromatic carbocycles. The highest BCUT2D eigenvalue weighted by molar-refractivity contribution is 7.19. The molecule has 0 aliphatic rings. The maximum Gasteiger partial charge on any atom is 0.263 e. The Morgan fingerprint density at radius 1 is 1.27 bits per heavy atom. The van der Waals surface area contributed by atoms with Gasteiger partial charge in [0.25, 0.3) is 5.56 Å². The zero-order valence-corrected chi connectivity index (χ0v) is 16.3. The smallest absolute Gasteiger partial charge is 0.263 e. The van der Waals surface area contributed by atoms with Crippen molar-refractivity contribution in [2.24, 2.45) is 0 Å². The van der Waals surface area contributed by atoms with Crippen LogP contribution in [0.5, 0.6) is 0 Å². The number of amides is 1. The number of aryl methyl sites for hydroxylation is 1. The number of aromatic nitrogens is 2. The van der Waals surface area contributed by atoms with Gasteiger partial charge in [0.1, 0.15) is 11.4 Å². The average Bonchev–Trinajstić information content (AvgIpc) is 3.35. The molecule has 26 heavy (non-hydrogen) atoms. The minimum Gasteiger partial charge on any atom is -0.350 e. The summed E-state index contributed by atoms with van der Waals surface area (Å²) in [5, 5.41) is 7.36. The van der Waals surface area contributed by atoms with Crippen molar-refractivity contribution in [3.8, 4) is 10.4 Å². The van der Waals surface area contributed by atoms with Gasteiger partial charge in [-0.1, -0.05) is 6.07 Å². The molecular formula is C18H15N3O2S3. The number of carbonyl (C=O) groups is 1. The number of nitrogens with one attached hydrogen (secondary N) is 1. The molecule has 4 aromatic heterocycles. The second kappa shape index (κ2) is 7.14. The summed E-state index contributed by atoms with van der Waals surface area (Å²) in [6.07, 6.45) is 1.45. The fourth-order valence-corrected chi connectivity index (χ4v) is 5.16. The molecule has 0 unspecified atom stereocenters. The largest absolute Gasteiger partial charge is 0.350 e. The van der Waals surface area contributed by atoms with Crippen LogP contribution in [0.4, 0.5) is 0 Å². The van der Waals surface area contributed by atoms with Gasteiger partial charge >= 0.3 is 0 Å². The summed E-state index contributed by atoms with van der Waals surface area (Å²) in [6.45, 7) is 2.47. The first kappa shape index (κ1) is 17.1. The van der Waals surface area contributed by atoms with E-state index < -0.39 is 0 Å². The molecule has 0 saturated carbocycles. The number of thiophene rings is 3. The third-order valence-electron chi connectivity index (χ3n) is 3.92. The Bertz CT molecular complexity index is 1120. The van der Waals surface area contributed by atoms with Crippen LogP contribution < -0.4 is 10.9 Å². The summed E-state index contributed by atoms with van der Waals surface area (Å²) in [4.78, 5) is 33.5. The van der Waals surface area contributed by atoms with E-state index in [1.807, 2.05) is 41.9 Å². The van der Waals surface area contributed by atoms with Gasteiger partial charge in [0.2, 0.25) is 5.91 Å². The highest BCUT2D eigenvalue weighted by Gasteiger charge is 2.15. The Kier molecular flexibility index (Phi) is 4.71. The molecule has 4 aromatic rings. The van der Waals surface area contributed by atoms with Crippen LogP contribution in [0.1, 0.15) is 9.75 Å². The SMILES string of the molecule is Cc1ccc(-c2csc3ncn(CC(=O)NCc4cccs4)c(=O)c23)s1. The normalized spacial score (nSPS) is 11.1. The number of hydrogen-bond acceptors (Lipinski definition) is 6. The van der Waals surface area contributed by atoms with Crippen LogP contribution in [-0.4, -0.2) is 15.5 Å². The predicted octanol–water partition coefficient (Wildman–Crippen LogP) is 3.87. The molecule has 0 bridgehead atoms. The summed E-state index contributed by atoms with van der Waals surface area (Å²) in [7, 11) is 0. The first-order chi connectivity index (χ1) is 12.6. The Labute approximate surface area is 161 Å². The van der Waals surface area contributed by atoms with Gasteiger partial charge in [-0.05, 0) is 30.5 Å². The van der Waals surface area contributed by atoms with Crippen molar-refractivity contribution < 1.29 is 4.79 Å². The first-order valence-corrected chi connectivity index (χ1v) is 10.5. The van der Waals surface area contributed by atoms with Crippen LogP contribution >= 0.6 is 34.0 Å². The van der Waals surface area contributed by atoms with E-state index in [1.54, 1.807) is 22.7 Å². The number of carbonyl (C=O) groups excluding carboxylic acids is 1. The van der Waals surface area contributed by atoms with E-state index in [0.717, 1.165) is 15.3 Å². The van der Waals surface area contributed by atoms with Crippen molar-refractivity contribution in [3.63, 3.8) is 0 Å². The standard InChI is InChI=1S/C18H15N3O2S3/c1-11-4-5-14(26-11)13-9-25-17-16(13)18(23)21(10-20-17)8-15(22)19-7-12-3-2-6-24-12/h2-6,9-10H,7-8H2,1H3,(H,19,22). The molecule has 5 nitrogen and oxygen atoms in total. The fraction of sp³-hybridized carbons (Fsp3) is 0.167. The molecule has 0 fully saturated rings. The molecule has 4 rings (SSSR count). The molecule has 0 radical (unpaired) electrons. The minimum absolute atomic E-state index is 0.0358. The number of rotatable bonds is 5. The fourth-order valence-electron chi connectivity index (χ4n) is 2.65. The number of fused-ring (bicyclic) bond motifs is 1. The van der Waals surface area contributed by atoms with Gasteiger partial charge in [-0.25, -0.2) is 4.98 Å². The van der Waals surface area contributed by atoms with E-state index in [9.17, 15) is 9.59 Å². The van der Waals surface area contributed by atoms with Crippen LogP contribution in [0.3, 0.4) is 0 Å². The lowest BCUT2D eigenvalue weighted by Gasteiger charge is -2.07. The van der Waals surface area contributed by atoms with Crippen molar-refractivity contribution in [2.45, 2.75) is 20.0 Å². The Balaban J connectivity index is 1.61. The maximum absolute atomic E-state index is 12.9. The second-order valence-electron chi connectivity index (χ2n) is 5.77. The highest BCUT2D eigenvalue weighted by Crippen LogP contribution is 2.34. The molecule has 1 amide bonds. The second-order valence-corrected chi connectivity index (χ2v) is 8.95. The van der Waals surface area contributed by atoms with Crippen LogP contribution in [-0.2, 0) is 17.9 Å². The predicted molar refractivity (Wildman–Crippen MR) is 108 cm³/mol. The van der Waals surface area contributed by atoms with Gasteiger partial charge in [-0.15, -0.1) is 34.0 Å². The van der Waals surface area contributed by atoms with E-state index in [0.29, 0.717) is 16.8 Å². The average molecular weight is 402 g/mol. The van der Waals surface area contributed by atoms with Crippen LogP contribution in [0.2, 0.25) is 0 Å². The third kappa shape index (κ3) is 3.35. The highest BCUT2D eigenvalue weighted by atomic mass is 32.1. The van der Waals surface area contributed by atoms with Gasteiger partial charge < -0.3 is 5.32 Å². The molecule has 0 saturated heterocycles. The summed E-state index contributed by atoms with van der Waals surface area (Å²) < 4.78 is 1.38. The zero-order valence-electron chi connectivity index (χ0n) is 13.9. The third-order valence-corrected chi connectivity index (χ3v) is 6.72. The molecule has 8 heteroatoms. The monoisotopic (exact) mass is 401 g/mol. The summed E-state index contributed by atoms with van der Waals surface area (Å²) in [5.41, 5.74) is 0.720. The van der Waals surface area contributed by atoms with Gasteiger partial charge in [-0.2, -0.15) is 0 Å². The van der Waals surface area contributed by atoms with E-state index in [-0.39, 0.29) is 18.0 Å². The topological polar surface area (TPSA) is 64.0 Å². The van der Waals surface area contributed by atoms with Crippen molar-refractivity contribution in [2.75, 3.05) is 0 Å². The van der Waals surface area contributed by atoms with Crippen molar-refractivity contribution in [3.05, 3.63) is 61.5 Å². The number of hydrogen-bond donors (Lipinski definition) is 1. The van der Waals surface area contributed by atoms with Crippen molar-refractivity contribution in [1.29, 1.82) is 0 Å². The molecule has 0 aliphatic carbocycles. The van der Waals surface area contributed by atoms with E-state index in [1.165, 1.54) is 27.1 Å². The Morgan fingerprint density at radius 2 is 2.15 bits per heavy atom. The summed E-state index contributed by atoms with van der Waals surface area (Å²) in [5.74, 6) is -0.203. The molecule has 0 aliphatic heterocycles. The zero-order chi connectivity index (χ0) is 18.1. The molecule has 132 valence electrons. The van der Waals surface area contributed by atoms with Crippen LogP contribution in [0, 0.1) is 6.92 Å². The Hall–Kier alpha value is -2.29. The summed E-state index contributed by atoms with van der Waals surface area (Å²) in [6, 6.07) is 7.96.